The number of hydrogen-bond acceptors (Lipinski definition) is 6. The summed E-state index contributed by atoms with van der Waals surface area (Å²) in [5.41, 5.74) is 4.48. The molecule has 0 radical (unpaired) electrons. The highest BCUT2D eigenvalue weighted by atomic mass is 16.5. The summed E-state index contributed by atoms with van der Waals surface area (Å²) in [6.45, 7) is 9.11. The van der Waals surface area contributed by atoms with E-state index in [0.29, 0.717) is 13.0 Å². The van der Waals surface area contributed by atoms with Crippen LogP contribution in [0, 0.1) is 5.41 Å². The van der Waals surface area contributed by atoms with E-state index in [1.54, 1.807) is 0 Å². The number of fused-ring (bicyclic) bond motifs is 1. The molecule has 1 saturated heterocycles. The van der Waals surface area contributed by atoms with Crippen molar-refractivity contribution in [3.63, 3.8) is 0 Å². The van der Waals surface area contributed by atoms with Crippen LogP contribution in [0.1, 0.15) is 38.3 Å². The molecule has 2 heterocycles. The van der Waals surface area contributed by atoms with Gasteiger partial charge in [0.25, 0.3) is 0 Å². The van der Waals surface area contributed by atoms with E-state index in [2.05, 4.69) is 46.4 Å². The van der Waals surface area contributed by atoms with Crippen LogP contribution in [0.4, 0.5) is 11.4 Å². The first-order valence-corrected chi connectivity index (χ1v) is 12.9. The molecule has 0 bridgehead atoms. The second-order valence-electron chi connectivity index (χ2n) is 10.7. The molecule has 1 atom stereocenters. The fourth-order valence-electron chi connectivity index (χ4n) is 5.60. The topological polar surface area (TPSA) is 73.9 Å². The molecule has 2 aromatic carbocycles. The van der Waals surface area contributed by atoms with E-state index in [4.69, 9.17) is 4.74 Å². The highest BCUT2D eigenvalue weighted by Gasteiger charge is 2.41. The number of anilines is 2. The molecule has 3 aliphatic rings. The average molecular weight is 489 g/mol. The number of allylic oxidation sites excluding steroid dienone is 1. The molecule has 7 nitrogen and oxygen atoms in total. The van der Waals surface area contributed by atoms with E-state index in [1.807, 2.05) is 42.5 Å². The molecule has 7 heteroatoms. The number of hydrogen-bond donors (Lipinski definition) is 2. The van der Waals surface area contributed by atoms with Crippen LogP contribution in [0.2, 0.25) is 0 Å². The van der Waals surface area contributed by atoms with Gasteiger partial charge in [-0.25, -0.2) is 0 Å². The maximum Gasteiger partial charge on any atom is 0.239 e. The lowest BCUT2D eigenvalue weighted by Gasteiger charge is -2.38. The summed E-state index contributed by atoms with van der Waals surface area (Å²) >= 11 is 0. The minimum atomic E-state index is -0.342. The first kappa shape index (κ1) is 24.5. The molecule has 2 aromatic rings. The van der Waals surface area contributed by atoms with Crippen LogP contribution in [-0.4, -0.2) is 62.5 Å². The number of Topliss-reactive ketones (excluding diaryl/α,β-unsaturated/α-hetero) is 1. The Hall–Kier alpha value is -3.16. The van der Waals surface area contributed by atoms with Crippen LogP contribution in [0.15, 0.2) is 65.9 Å². The fourth-order valence-corrected chi connectivity index (χ4v) is 5.60. The molecule has 2 aliphatic heterocycles. The van der Waals surface area contributed by atoms with Crippen molar-refractivity contribution >= 4 is 23.1 Å². The van der Waals surface area contributed by atoms with Gasteiger partial charge in [0.2, 0.25) is 5.91 Å². The van der Waals surface area contributed by atoms with Crippen LogP contribution < -0.4 is 15.5 Å². The molecule has 190 valence electrons. The first-order valence-electron chi connectivity index (χ1n) is 12.9. The lowest BCUT2D eigenvalue weighted by atomic mass is 9.73. The van der Waals surface area contributed by atoms with Gasteiger partial charge in [0.15, 0.2) is 5.78 Å². The first-order chi connectivity index (χ1) is 17.4. The molecule has 1 fully saturated rings. The highest BCUT2D eigenvalue weighted by molar-refractivity contribution is 6.01. The van der Waals surface area contributed by atoms with Gasteiger partial charge in [0.1, 0.15) is 0 Å². The van der Waals surface area contributed by atoms with Crippen LogP contribution in [0.3, 0.4) is 0 Å². The van der Waals surface area contributed by atoms with Crippen LogP contribution in [0.25, 0.3) is 0 Å². The van der Waals surface area contributed by atoms with E-state index in [-0.39, 0.29) is 29.7 Å². The molecule has 0 saturated carbocycles. The van der Waals surface area contributed by atoms with E-state index in [1.165, 1.54) is 0 Å². The predicted molar refractivity (Wildman–Crippen MR) is 142 cm³/mol. The lowest BCUT2D eigenvalue weighted by molar-refractivity contribution is -0.120. The molecule has 36 heavy (non-hydrogen) atoms. The molecule has 1 unspecified atom stereocenters. The standard InChI is InChI=1S/C29H36N4O3/c1-29(2)18-23-27(25(34)19-29)28(21-8-4-3-5-9-21)33(24-11-7-6-10-22(24)31-23)20-26(35)30-12-13-32-14-16-36-17-15-32/h3-11,28,31H,12-20H2,1-2H3,(H,30,35). The number of carbonyl (C=O) groups is 2. The van der Waals surface area contributed by atoms with Gasteiger partial charge in [-0.1, -0.05) is 56.3 Å². The Morgan fingerprint density at radius 2 is 1.78 bits per heavy atom. The van der Waals surface area contributed by atoms with E-state index < -0.39 is 0 Å². The van der Waals surface area contributed by atoms with Crippen molar-refractivity contribution in [2.75, 3.05) is 56.2 Å². The van der Waals surface area contributed by atoms with Crippen molar-refractivity contribution in [2.24, 2.45) is 5.41 Å². The zero-order valence-electron chi connectivity index (χ0n) is 21.3. The minimum Gasteiger partial charge on any atom is -0.379 e. The lowest BCUT2D eigenvalue weighted by Crippen LogP contribution is -2.45. The molecule has 2 N–H and O–H groups in total. The third-order valence-corrected chi connectivity index (χ3v) is 7.29. The van der Waals surface area contributed by atoms with Gasteiger partial charge in [0, 0.05) is 43.9 Å². The summed E-state index contributed by atoms with van der Waals surface area (Å²) in [4.78, 5) is 31.4. The maximum absolute atomic E-state index is 13.7. The molecule has 1 amide bonds. The quantitative estimate of drug-likeness (QED) is 0.645. The number of benzene rings is 2. The summed E-state index contributed by atoms with van der Waals surface area (Å²) in [6, 6.07) is 17.8. The predicted octanol–water partition coefficient (Wildman–Crippen LogP) is 3.75. The third-order valence-electron chi connectivity index (χ3n) is 7.29. The molecule has 0 aromatic heterocycles. The number of amides is 1. The van der Waals surface area contributed by atoms with Crippen molar-refractivity contribution in [1.29, 1.82) is 0 Å². The highest BCUT2D eigenvalue weighted by Crippen LogP contribution is 2.48. The normalized spacial score (nSPS) is 21.8. The minimum absolute atomic E-state index is 0.0494. The smallest absolute Gasteiger partial charge is 0.239 e. The molecular formula is C29H36N4O3. The Morgan fingerprint density at radius 3 is 2.56 bits per heavy atom. The summed E-state index contributed by atoms with van der Waals surface area (Å²) in [7, 11) is 0. The fraction of sp³-hybridized carbons (Fsp3) is 0.448. The van der Waals surface area contributed by atoms with E-state index in [0.717, 1.165) is 67.5 Å². The molecular weight excluding hydrogens is 452 g/mol. The average Bonchev–Trinajstić information content (AvgIpc) is 2.99. The number of ether oxygens (including phenoxy) is 1. The second-order valence-corrected chi connectivity index (χ2v) is 10.7. The van der Waals surface area contributed by atoms with Crippen LogP contribution >= 0.6 is 0 Å². The number of carbonyl (C=O) groups excluding carboxylic acids is 2. The van der Waals surface area contributed by atoms with Crippen molar-refractivity contribution in [3.05, 3.63) is 71.4 Å². The van der Waals surface area contributed by atoms with Crippen LogP contribution in [0.5, 0.6) is 0 Å². The number of rotatable bonds is 6. The Labute approximate surface area is 213 Å². The summed E-state index contributed by atoms with van der Waals surface area (Å²) in [5.74, 6) is 0.0970. The number of nitrogens with one attached hydrogen (secondary N) is 2. The van der Waals surface area contributed by atoms with Gasteiger partial charge < -0.3 is 20.3 Å². The van der Waals surface area contributed by atoms with Crippen molar-refractivity contribution < 1.29 is 14.3 Å². The monoisotopic (exact) mass is 488 g/mol. The van der Waals surface area contributed by atoms with Gasteiger partial charge >= 0.3 is 0 Å². The summed E-state index contributed by atoms with van der Waals surface area (Å²) in [5, 5.41) is 6.72. The van der Waals surface area contributed by atoms with E-state index >= 15 is 0 Å². The van der Waals surface area contributed by atoms with Crippen molar-refractivity contribution in [1.82, 2.24) is 10.2 Å². The Kier molecular flexibility index (Phi) is 7.12. The zero-order chi connectivity index (χ0) is 25.1. The van der Waals surface area contributed by atoms with Gasteiger partial charge in [-0.05, 0) is 29.5 Å². The van der Waals surface area contributed by atoms with Crippen molar-refractivity contribution in [2.45, 2.75) is 32.7 Å². The van der Waals surface area contributed by atoms with Gasteiger partial charge in [-0.3, -0.25) is 14.5 Å². The Bertz CT molecular complexity index is 1140. The Morgan fingerprint density at radius 1 is 1.06 bits per heavy atom. The molecule has 1 aliphatic carbocycles. The third kappa shape index (κ3) is 5.32. The molecule has 5 rings (SSSR count). The number of ketones is 1. The molecule has 0 spiro atoms. The summed E-state index contributed by atoms with van der Waals surface area (Å²) < 4.78 is 5.42. The second kappa shape index (κ2) is 10.4. The zero-order valence-corrected chi connectivity index (χ0v) is 21.3. The van der Waals surface area contributed by atoms with Gasteiger partial charge in [0.05, 0.1) is 37.2 Å². The SMILES string of the molecule is CC1(C)CC(=O)C2=C(C1)Nc1ccccc1N(CC(=O)NCCN1CCOCC1)C2c1ccccc1. The maximum atomic E-state index is 13.7. The van der Waals surface area contributed by atoms with E-state index in [9.17, 15) is 9.59 Å². The number of nitrogens with zero attached hydrogens (tertiary/aromatic N) is 2. The van der Waals surface area contributed by atoms with Crippen LogP contribution in [-0.2, 0) is 14.3 Å². The Balaban J connectivity index is 1.47. The largest absolute Gasteiger partial charge is 0.379 e. The van der Waals surface area contributed by atoms with Gasteiger partial charge in [-0.15, -0.1) is 0 Å². The van der Waals surface area contributed by atoms with Crippen molar-refractivity contribution in [3.8, 4) is 0 Å². The number of morpholine rings is 1. The number of para-hydroxylation sites is 2. The summed E-state index contributed by atoms with van der Waals surface area (Å²) in [6.07, 6.45) is 1.28. The van der Waals surface area contributed by atoms with Gasteiger partial charge in [-0.2, -0.15) is 0 Å².